The summed E-state index contributed by atoms with van der Waals surface area (Å²) in [5.41, 5.74) is 5.21. The largest absolute Gasteiger partial charge is 0.357 e. The summed E-state index contributed by atoms with van der Waals surface area (Å²) in [4.78, 5) is 25.7. The van der Waals surface area contributed by atoms with Crippen LogP contribution in [0.5, 0.6) is 0 Å². The van der Waals surface area contributed by atoms with Gasteiger partial charge >= 0.3 is 0 Å². The van der Waals surface area contributed by atoms with Crippen LogP contribution in [0.15, 0.2) is 42.7 Å². The number of carbonyl (C=O) groups excluding carboxylic acids is 1. The van der Waals surface area contributed by atoms with Crippen molar-refractivity contribution in [3.05, 3.63) is 59.8 Å². The highest BCUT2D eigenvalue weighted by molar-refractivity contribution is 6.03. The summed E-state index contributed by atoms with van der Waals surface area (Å²) in [7, 11) is 0. The molecule has 0 saturated carbocycles. The molecule has 6 nitrogen and oxygen atoms in total. The molecule has 2 atom stereocenters. The Balaban J connectivity index is 1.15. The number of piperidine rings is 1. The third-order valence-corrected chi connectivity index (χ3v) is 6.97. The minimum atomic E-state index is -0.269. The van der Waals surface area contributed by atoms with Crippen molar-refractivity contribution in [2.75, 3.05) is 36.4 Å². The van der Waals surface area contributed by atoms with Crippen LogP contribution in [-0.2, 0) is 11.2 Å². The monoisotopic (exact) mass is 417 g/mol. The van der Waals surface area contributed by atoms with Gasteiger partial charge in [-0.05, 0) is 49.6 Å². The van der Waals surface area contributed by atoms with Crippen molar-refractivity contribution in [3.8, 4) is 0 Å². The van der Waals surface area contributed by atoms with E-state index in [1.165, 1.54) is 29.7 Å². The summed E-state index contributed by atoms with van der Waals surface area (Å²) in [6.45, 7) is 3.52. The van der Waals surface area contributed by atoms with Crippen LogP contribution in [0.25, 0.3) is 10.9 Å². The Morgan fingerprint density at radius 1 is 1.19 bits per heavy atom. The predicted octanol–water partition coefficient (Wildman–Crippen LogP) is 3.33. The number of para-hydroxylation sites is 1. The lowest BCUT2D eigenvalue weighted by Crippen LogP contribution is -2.49. The molecule has 1 saturated heterocycles. The third kappa shape index (κ3) is 3.15. The lowest BCUT2D eigenvalue weighted by atomic mass is 9.89. The molecular weight excluding hydrogens is 393 g/mol. The Labute approximate surface area is 180 Å². The Morgan fingerprint density at radius 3 is 3.06 bits per heavy atom. The Bertz CT molecular complexity index is 1180. The molecule has 0 radical (unpaired) electrons. The number of nitrogens with one attached hydrogen (secondary N) is 1. The maximum absolute atomic E-state index is 13.5. The van der Waals surface area contributed by atoms with E-state index >= 15 is 0 Å². The SMILES string of the molecule is O=C1CN2c3c(cccc3[C@@H]3CN(CCCc4ncnc5cc(F)ccc45)CC[C@@H]32)N1. The molecular formula is C24H24FN5O. The van der Waals surface area contributed by atoms with Crippen LogP contribution in [-0.4, -0.2) is 53.0 Å². The van der Waals surface area contributed by atoms with Gasteiger partial charge in [0, 0.05) is 36.5 Å². The van der Waals surface area contributed by atoms with Crippen molar-refractivity contribution >= 4 is 28.2 Å². The molecule has 3 aliphatic heterocycles. The van der Waals surface area contributed by atoms with Gasteiger partial charge in [0.1, 0.15) is 12.1 Å². The average Bonchev–Trinajstić information content (AvgIpc) is 3.08. The van der Waals surface area contributed by atoms with E-state index in [0.29, 0.717) is 24.0 Å². The van der Waals surface area contributed by atoms with Gasteiger partial charge in [-0.2, -0.15) is 0 Å². The van der Waals surface area contributed by atoms with E-state index in [9.17, 15) is 9.18 Å². The number of amides is 1. The molecule has 3 aliphatic rings. The minimum Gasteiger partial charge on any atom is -0.357 e. The topological polar surface area (TPSA) is 61.4 Å². The zero-order chi connectivity index (χ0) is 20.9. The number of benzene rings is 2. The highest BCUT2D eigenvalue weighted by Gasteiger charge is 2.44. The molecule has 7 heteroatoms. The normalized spacial score (nSPS) is 22.4. The van der Waals surface area contributed by atoms with Crippen molar-refractivity contribution in [1.82, 2.24) is 14.9 Å². The van der Waals surface area contributed by atoms with Gasteiger partial charge in [0.15, 0.2) is 0 Å². The summed E-state index contributed by atoms with van der Waals surface area (Å²) in [5.74, 6) is 0.263. The summed E-state index contributed by atoms with van der Waals surface area (Å²) >= 11 is 0. The van der Waals surface area contributed by atoms with Crippen molar-refractivity contribution in [3.63, 3.8) is 0 Å². The molecule has 0 unspecified atom stereocenters. The maximum Gasteiger partial charge on any atom is 0.243 e. The van der Waals surface area contributed by atoms with E-state index in [-0.39, 0.29) is 11.7 Å². The Hall–Kier alpha value is -3.06. The van der Waals surface area contributed by atoms with E-state index < -0.39 is 0 Å². The number of nitrogens with zero attached hydrogens (tertiary/aromatic N) is 4. The smallest absolute Gasteiger partial charge is 0.243 e. The van der Waals surface area contributed by atoms with Gasteiger partial charge in [-0.25, -0.2) is 14.4 Å². The average molecular weight is 417 g/mol. The molecule has 1 amide bonds. The molecule has 3 aromatic rings. The van der Waals surface area contributed by atoms with E-state index in [1.807, 2.05) is 6.07 Å². The molecule has 2 aromatic carbocycles. The summed E-state index contributed by atoms with van der Waals surface area (Å²) in [5, 5.41) is 3.97. The molecule has 0 aliphatic carbocycles. The van der Waals surface area contributed by atoms with Gasteiger partial charge in [-0.3, -0.25) is 4.79 Å². The molecule has 1 N–H and O–H groups in total. The van der Waals surface area contributed by atoms with Crippen LogP contribution in [0, 0.1) is 5.82 Å². The molecule has 1 aromatic heterocycles. The van der Waals surface area contributed by atoms with Crippen LogP contribution in [0.4, 0.5) is 15.8 Å². The third-order valence-electron chi connectivity index (χ3n) is 6.97. The van der Waals surface area contributed by atoms with Gasteiger partial charge in [0.2, 0.25) is 5.91 Å². The number of halogens is 1. The van der Waals surface area contributed by atoms with Crippen LogP contribution in [0.1, 0.15) is 30.0 Å². The van der Waals surface area contributed by atoms with Crippen LogP contribution < -0.4 is 10.2 Å². The number of likely N-dealkylation sites (tertiary alicyclic amines) is 1. The van der Waals surface area contributed by atoms with Crippen molar-refractivity contribution < 1.29 is 9.18 Å². The number of fused-ring (bicyclic) bond motifs is 4. The van der Waals surface area contributed by atoms with E-state index in [1.54, 1.807) is 6.07 Å². The first-order chi connectivity index (χ1) is 15.2. The molecule has 31 heavy (non-hydrogen) atoms. The molecule has 6 rings (SSSR count). The van der Waals surface area contributed by atoms with E-state index in [2.05, 4.69) is 37.2 Å². The highest BCUT2D eigenvalue weighted by Crippen LogP contribution is 2.49. The Morgan fingerprint density at radius 2 is 2.13 bits per heavy atom. The number of hydrogen-bond acceptors (Lipinski definition) is 5. The molecule has 1 fully saturated rings. The van der Waals surface area contributed by atoms with E-state index in [4.69, 9.17) is 0 Å². The first-order valence-electron chi connectivity index (χ1n) is 11.0. The zero-order valence-electron chi connectivity index (χ0n) is 17.2. The van der Waals surface area contributed by atoms with Crippen molar-refractivity contribution in [2.24, 2.45) is 0 Å². The summed E-state index contributed by atoms with van der Waals surface area (Å²) < 4.78 is 13.5. The van der Waals surface area contributed by atoms with Crippen molar-refractivity contribution in [1.29, 1.82) is 0 Å². The number of anilines is 2. The van der Waals surface area contributed by atoms with Gasteiger partial charge in [-0.15, -0.1) is 0 Å². The predicted molar refractivity (Wildman–Crippen MR) is 118 cm³/mol. The summed E-state index contributed by atoms with van der Waals surface area (Å²) in [6.07, 6.45) is 4.45. The van der Waals surface area contributed by atoms with Gasteiger partial charge < -0.3 is 15.1 Å². The first-order valence-corrected chi connectivity index (χ1v) is 11.0. The number of aromatic nitrogens is 2. The molecule has 4 heterocycles. The van der Waals surface area contributed by atoms with Crippen molar-refractivity contribution in [2.45, 2.75) is 31.2 Å². The molecule has 0 bridgehead atoms. The van der Waals surface area contributed by atoms with Crippen LogP contribution in [0.2, 0.25) is 0 Å². The van der Waals surface area contributed by atoms with Gasteiger partial charge in [0.05, 0.1) is 29.1 Å². The lowest BCUT2D eigenvalue weighted by molar-refractivity contribution is -0.115. The second-order valence-electron chi connectivity index (χ2n) is 8.77. The quantitative estimate of drug-likeness (QED) is 0.706. The second-order valence-corrected chi connectivity index (χ2v) is 8.77. The fourth-order valence-electron chi connectivity index (χ4n) is 5.63. The number of carbonyl (C=O) groups is 1. The van der Waals surface area contributed by atoms with Crippen LogP contribution in [0.3, 0.4) is 0 Å². The second kappa shape index (κ2) is 7.27. The summed E-state index contributed by atoms with van der Waals surface area (Å²) in [6, 6.07) is 11.4. The standard InChI is InChI=1S/C24H24FN5O/c25-15-6-7-17-19(26-14-27-21(17)11-15)5-2-9-29-10-8-22-18(12-29)16-3-1-4-20-24(16)30(22)13-23(31)28-20/h1,3-4,6-7,11,14,18,22H,2,5,8-10,12-13H2,(H,28,31)/t18-,22-/m0/s1. The maximum atomic E-state index is 13.5. The van der Waals surface area contributed by atoms with E-state index in [0.717, 1.165) is 55.7 Å². The molecule has 158 valence electrons. The lowest BCUT2D eigenvalue weighted by Gasteiger charge is -2.39. The minimum absolute atomic E-state index is 0.0877. The highest BCUT2D eigenvalue weighted by atomic mass is 19.1. The Kier molecular flexibility index (Phi) is 4.38. The van der Waals surface area contributed by atoms with Crippen LogP contribution >= 0.6 is 0 Å². The first kappa shape index (κ1) is 18.7. The molecule has 0 spiro atoms. The van der Waals surface area contributed by atoms with Gasteiger partial charge in [-0.1, -0.05) is 12.1 Å². The number of aryl methyl sites for hydroxylation is 1. The zero-order valence-corrected chi connectivity index (χ0v) is 17.2. The fraction of sp³-hybridized carbons (Fsp3) is 0.375. The number of hydrogen-bond donors (Lipinski definition) is 1. The van der Waals surface area contributed by atoms with Gasteiger partial charge in [0.25, 0.3) is 0 Å². The fourth-order valence-corrected chi connectivity index (χ4v) is 5.63. The number of rotatable bonds is 4.